The van der Waals surface area contributed by atoms with Gasteiger partial charge in [0.1, 0.15) is 11.6 Å². The number of non-ortho nitro benzene ring substituents is 1. The van der Waals surface area contributed by atoms with Gasteiger partial charge in [0, 0.05) is 17.7 Å². The van der Waals surface area contributed by atoms with Crippen LogP contribution in [0.3, 0.4) is 0 Å². The highest BCUT2D eigenvalue weighted by molar-refractivity contribution is 5.72. The monoisotopic (exact) mass is 401 g/mol. The van der Waals surface area contributed by atoms with Gasteiger partial charge in [-0.15, -0.1) is 5.10 Å². The van der Waals surface area contributed by atoms with Gasteiger partial charge in [-0.2, -0.15) is 5.26 Å². The summed E-state index contributed by atoms with van der Waals surface area (Å²) in [5, 5.41) is 28.1. The molecule has 1 aromatic heterocycles. The van der Waals surface area contributed by atoms with Gasteiger partial charge in [0.15, 0.2) is 0 Å². The number of nitrogens with zero attached hydrogens (tertiary/aromatic N) is 3. The van der Waals surface area contributed by atoms with Gasteiger partial charge in [-0.1, -0.05) is 50.2 Å². The number of ether oxygens (including phenoxy) is 1. The van der Waals surface area contributed by atoms with Crippen LogP contribution < -0.4 is 10.5 Å². The number of rotatable bonds is 4. The van der Waals surface area contributed by atoms with Gasteiger partial charge in [-0.05, 0) is 17.0 Å². The predicted octanol–water partition coefficient (Wildman–Crippen LogP) is 4.33. The molecule has 30 heavy (non-hydrogen) atoms. The minimum absolute atomic E-state index is 0.0000262. The third kappa shape index (κ3) is 3.16. The molecule has 1 aliphatic rings. The molecule has 0 aliphatic carbocycles. The second-order valence-electron chi connectivity index (χ2n) is 7.37. The van der Waals surface area contributed by atoms with Gasteiger partial charge in [0.25, 0.3) is 5.69 Å². The zero-order valence-electron chi connectivity index (χ0n) is 16.4. The van der Waals surface area contributed by atoms with E-state index in [0.29, 0.717) is 22.7 Å². The molecular weight excluding hydrogens is 382 g/mol. The Bertz CT molecular complexity index is 1200. The molecule has 0 saturated heterocycles. The first-order chi connectivity index (χ1) is 14.4. The number of nitriles is 1. The third-order valence-electron chi connectivity index (χ3n) is 5.22. The number of aromatic amines is 1. The van der Waals surface area contributed by atoms with Crippen LogP contribution in [-0.4, -0.2) is 15.1 Å². The van der Waals surface area contributed by atoms with Crippen molar-refractivity contribution in [2.45, 2.75) is 25.7 Å². The number of nitro groups is 1. The molecule has 1 unspecified atom stereocenters. The van der Waals surface area contributed by atoms with Crippen LogP contribution in [-0.2, 0) is 0 Å². The van der Waals surface area contributed by atoms with E-state index in [2.05, 4.69) is 30.1 Å². The van der Waals surface area contributed by atoms with Crippen LogP contribution in [0.4, 0.5) is 5.69 Å². The first-order valence-electron chi connectivity index (χ1n) is 9.41. The molecule has 0 radical (unpaired) electrons. The van der Waals surface area contributed by atoms with Gasteiger partial charge >= 0.3 is 0 Å². The summed E-state index contributed by atoms with van der Waals surface area (Å²) >= 11 is 0. The van der Waals surface area contributed by atoms with Crippen LogP contribution in [0.5, 0.6) is 5.88 Å². The standard InChI is InChI=1S/C22H19N5O3/c1-12(2)13-6-8-14(9-7-13)18-17(11-23)21(24)30-22-19(18)20(25-26-22)15-4-3-5-16(10-15)27(28)29/h3-10,12,18H,24H2,1-2H3,(H,25,26). The number of aromatic nitrogens is 2. The Hall–Kier alpha value is -4.12. The molecule has 0 saturated carbocycles. The summed E-state index contributed by atoms with van der Waals surface area (Å²) in [5.41, 5.74) is 10.0. The van der Waals surface area contributed by atoms with E-state index in [9.17, 15) is 15.4 Å². The molecule has 1 atom stereocenters. The summed E-state index contributed by atoms with van der Waals surface area (Å²) < 4.78 is 5.59. The molecule has 8 nitrogen and oxygen atoms in total. The topological polar surface area (TPSA) is 131 Å². The summed E-state index contributed by atoms with van der Waals surface area (Å²) in [7, 11) is 0. The highest BCUT2D eigenvalue weighted by Gasteiger charge is 2.35. The SMILES string of the molecule is CC(C)c1ccc(C2C(C#N)=C(N)Oc3n[nH]c(-c4cccc([N+](=O)[O-])c4)c32)cc1. The lowest BCUT2D eigenvalue weighted by atomic mass is 9.82. The Balaban J connectivity index is 1.90. The molecule has 0 spiro atoms. The molecule has 2 aromatic carbocycles. The van der Waals surface area contributed by atoms with Crippen molar-refractivity contribution >= 4 is 5.69 Å². The molecule has 3 N–H and O–H groups in total. The van der Waals surface area contributed by atoms with E-state index in [0.717, 1.165) is 5.56 Å². The number of nitrogens with one attached hydrogen (secondary N) is 1. The number of hydrogen-bond donors (Lipinski definition) is 2. The minimum atomic E-state index is -0.507. The van der Waals surface area contributed by atoms with Crippen molar-refractivity contribution in [3.05, 3.63) is 86.8 Å². The maximum absolute atomic E-state index is 11.2. The third-order valence-corrected chi connectivity index (χ3v) is 5.22. The summed E-state index contributed by atoms with van der Waals surface area (Å²) in [5.74, 6) is 0.119. The Morgan fingerprint density at radius 1 is 1.27 bits per heavy atom. The number of allylic oxidation sites excluding steroid dienone is 1. The second-order valence-corrected chi connectivity index (χ2v) is 7.37. The van der Waals surface area contributed by atoms with E-state index in [1.807, 2.05) is 24.3 Å². The average molecular weight is 401 g/mol. The molecular formula is C22H19N5O3. The fraction of sp³-hybridized carbons (Fsp3) is 0.182. The Labute approximate surface area is 172 Å². The molecule has 0 fully saturated rings. The molecule has 2 heterocycles. The van der Waals surface area contributed by atoms with E-state index in [-0.39, 0.29) is 23.0 Å². The molecule has 0 bridgehead atoms. The first-order valence-corrected chi connectivity index (χ1v) is 9.41. The first kappa shape index (κ1) is 19.2. The number of H-pyrrole nitrogens is 1. The fourth-order valence-corrected chi connectivity index (χ4v) is 3.65. The number of benzene rings is 2. The molecule has 4 rings (SSSR count). The highest BCUT2D eigenvalue weighted by atomic mass is 16.6. The van der Waals surface area contributed by atoms with Gasteiger partial charge < -0.3 is 10.5 Å². The maximum Gasteiger partial charge on any atom is 0.270 e. The van der Waals surface area contributed by atoms with Crippen LogP contribution in [0.15, 0.2) is 60.0 Å². The van der Waals surface area contributed by atoms with Crippen molar-refractivity contribution in [3.63, 3.8) is 0 Å². The molecule has 3 aromatic rings. The van der Waals surface area contributed by atoms with Gasteiger partial charge in [0.05, 0.1) is 22.1 Å². The van der Waals surface area contributed by atoms with E-state index >= 15 is 0 Å². The normalized spacial score (nSPS) is 15.5. The molecule has 150 valence electrons. The summed E-state index contributed by atoms with van der Waals surface area (Å²) in [6.45, 7) is 4.22. The van der Waals surface area contributed by atoms with Crippen LogP contribution >= 0.6 is 0 Å². The van der Waals surface area contributed by atoms with Crippen molar-refractivity contribution in [3.8, 4) is 23.2 Å². The Kier molecular flexibility index (Phi) is 4.72. The van der Waals surface area contributed by atoms with Crippen molar-refractivity contribution in [1.82, 2.24) is 10.2 Å². The van der Waals surface area contributed by atoms with E-state index < -0.39 is 10.8 Å². The van der Waals surface area contributed by atoms with Crippen molar-refractivity contribution in [2.75, 3.05) is 0 Å². The van der Waals surface area contributed by atoms with Gasteiger partial charge in [-0.25, -0.2) is 0 Å². The van der Waals surface area contributed by atoms with Crippen molar-refractivity contribution in [1.29, 1.82) is 5.26 Å². The van der Waals surface area contributed by atoms with Crippen LogP contribution in [0.25, 0.3) is 11.3 Å². The van der Waals surface area contributed by atoms with E-state index in [1.165, 1.54) is 17.7 Å². The fourth-order valence-electron chi connectivity index (χ4n) is 3.65. The van der Waals surface area contributed by atoms with E-state index in [4.69, 9.17) is 10.5 Å². The zero-order chi connectivity index (χ0) is 21.4. The number of hydrogen-bond acceptors (Lipinski definition) is 6. The smallest absolute Gasteiger partial charge is 0.270 e. The van der Waals surface area contributed by atoms with Crippen LogP contribution in [0.2, 0.25) is 0 Å². The lowest BCUT2D eigenvalue weighted by Gasteiger charge is -2.24. The minimum Gasteiger partial charge on any atom is -0.420 e. The average Bonchev–Trinajstić information content (AvgIpc) is 3.16. The molecule has 8 heteroatoms. The lowest BCUT2D eigenvalue weighted by Crippen LogP contribution is -2.21. The quantitative estimate of drug-likeness (QED) is 0.494. The Morgan fingerprint density at radius 3 is 2.63 bits per heavy atom. The van der Waals surface area contributed by atoms with Crippen molar-refractivity contribution in [2.24, 2.45) is 5.73 Å². The zero-order valence-corrected chi connectivity index (χ0v) is 16.4. The van der Waals surface area contributed by atoms with Crippen molar-refractivity contribution < 1.29 is 9.66 Å². The number of nitrogens with two attached hydrogens (primary N) is 1. The molecule has 0 amide bonds. The van der Waals surface area contributed by atoms with Gasteiger partial charge in [0.2, 0.25) is 11.8 Å². The lowest BCUT2D eigenvalue weighted by molar-refractivity contribution is -0.384. The van der Waals surface area contributed by atoms with Gasteiger partial charge in [-0.3, -0.25) is 15.2 Å². The number of nitro benzene ring substituents is 1. The predicted molar refractivity (Wildman–Crippen MR) is 111 cm³/mol. The molecule has 1 aliphatic heterocycles. The van der Waals surface area contributed by atoms with Crippen LogP contribution in [0, 0.1) is 21.4 Å². The van der Waals surface area contributed by atoms with E-state index in [1.54, 1.807) is 12.1 Å². The number of fused-ring (bicyclic) bond motifs is 1. The summed E-state index contributed by atoms with van der Waals surface area (Å²) in [4.78, 5) is 10.8. The second kappa shape index (κ2) is 7.37. The highest BCUT2D eigenvalue weighted by Crippen LogP contribution is 2.46. The van der Waals surface area contributed by atoms with Crippen LogP contribution in [0.1, 0.15) is 42.4 Å². The summed E-state index contributed by atoms with van der Waals surface area (Å²) in [6, 6.07) is 16.4. The maximum atomic E-state index is 11.2. The summed E-state index contributed by atoms with van der Waals surface area (Å²) in [6.07, 6.45) is 0. The largest absolute Gasteiger partial charge is 0.420 e. The Morgan fingerprint density at radius 2 is 2.00 bits per heavy atom.